The molecule has 1 saturated heterocycles. The van der Waals surface area contributed by atoms with Gasteiger partial charge in [-0.2, -0.15) is 0 Å². The SMILES string of the molecule is CCCOC(CC(C)C)(CC(C)C)C(=O)Nc1ccc(OCCN2C[C@H](C)C[C@H](C)C2)cc1. The van der Waals surface area contributed by atoms with Gasteiger partial charge in [-0.1, -0.05) is 48.5 Å². The van der Waals surface area contributed by atoms with E-state index < -0.39 is 5.60 Å². The lowest BCUT2D eigenvalue weighted by molar-refractivity contribution is -0.147. The minimum atomic E-state index is -0.795. The van der Waals surface area contributed by atoms with E-state index in [1.54, 1.807) is 0 Å². The zero-order chi connectivity index (χ0) is 24.4. The van der Waals surface area contributed by atoms with Gasteiger partial charge in [0.05, 0.1) is 0 Å². The molecule has 1 aromatic rings. The second-order valence-electron chi connectivity index (χ2n) is 11.1. The van der Waals surface area contributed by atoms with Gasteiger partial charge in [0.1, 0.15) is 18.0 Å². The van der Waals surface area contributed by atoms with Crippen molar-refractivity contribution in [2.45, 2.75) is 79.8 Å². The van der Waals surface area contributed by atoms with Gasteiger partial charge in [0.15, 0.2) is 0 Å². The Morgan fingerprint density at radius 1 is 1.03 bits per heavy atom. The first kappa shape index (κ1) is 27.7. The van der Waals surface area contributed by atoms with E-state index in [4.69, 9.17) is 9.47 Å². The van der Waals surface area contributed by atoms with Crippen molar-refractivity contribution in [3.05, 3.63) is 24.3 Å². The highest BCUT2D eigenvalue weighted by molar-refractivity contribution is 5.97. The lowest BCUT2D eigenvalue weighted by Crippen LogP contribution is -2.47. The third-order valence-corrected chi connectivity index (χ3v) is 6.21. The number of hydrogen-bond acceptors (Lipinski definition) is 4. The lowest BCUT2D eigenvalue weighted by Gasteiger charge is -2.35. The number of nitrogens with zero attached hydrogens (tertiary/aromatic N) is 1. The van der Waals surface area contributed by atoms with Crippen molar-refractivity contribution in [1.29, 1.82) is 0 Å². The molecule has 0 radical (unpaired) electrons. The van der Waals surface area contributed by atoms with Crippen LogP contribution in [-0.2, 0) is 9.53 Å². The van der Waals surface area contributed by atoms with Gasteiger partial charge in [-0.3, -0.25) is 9.69 Å². The van der Waals surface area contributed by atoms with E-state index in [1.165, 1.54) is 6.42 Å². The zero-order valence-corrected chi connectivity index (χ0v) is 22.2. The molecule has 0 spiro atoms. The van der Waals surface area contributed by atoms with Crippen LogP contribution in [0.3, 0.4) is 0 Å². The van der Waals surface area contributed by atoms with Gasteiger partial charge in [-0.05, 0) is 73.6 Å². The summed E-state index contributed by atoms with van der Waals surface area (Å²) in [4.78, 5) is 15.9. The van der Waals surface area contributed by atoms with E-state index in [9.17, 15) is 4.79 Å². The molecule has 0 bridgehead atoms. The summed E-state index contributed by atoms with van der Waals surface area (Å²) in [6, 6.07) is 7.73. The van der Waals surface area contributed by atoms with Crippen LogP contribution >= 0.6 is 0 Å². The topological polar surface area (TPSA) is 50.8 Å². The second kappa shape index (κ2) is 13.3. The first-order chi connectivity index (χ1) is 15.6. The van der Waals surface area contributed by atoms with Gasteiger partial charge in [0, 0.05) is 31.9 Å². The molecular formula is C28H48N2O3. The van der Waals surface area contributed by atoms with Gasteiger partial charge in [-0.25, -0.2) is 0 Å². The quantitative estimate of drug-likeness (QED) is 0.378. The Hall–Kier alpha value is -1.59. The summed E-state index contributed by atoms with van der Waals surface area (Å²) in [6.07, 6.45) is 3.65. The van der Waals surface area contributed by atoms with E-state index in [2.05, 4.69) is 58.7 Å². The third-order valence-electron chi connectivity index (χ3n) is 6.21. The number of likely N-dealkylation sites (tertiary alicyclic amines) is 1. The van der Waals surface area contributed by atoms with Crippen LogP contribution in [0.2, 0.25) is 0 Å². The van der Waals surface area contributed by atoms with Crippen LogP contribution in [0, 0.1) is 23.7 Å². The maximum Gasteiger partial charge on any atom is 0.256 e. The fourth-order valence-corrected chi connectivity index (χ4v) is 5.22. The Labute approximate surface area is 202 Å². The molecule has 5 nitrogen and oxygen atoms in total. The molecule has 0 aromatic heterocycles. The first-order valence-corrected chi connectivity index (χ1v) is 13.0. The van der Waals surface area contributed by atoms with Crippen LogP contribution in [0.1, 0.15) is 74.1 Å². The highest BCUT2D eigenvalue weighted by Crippen LogP contribution is 2.31. The molecule has 1 fully saturated rings. The molecule has 1 aromatic carbocycles. The van der Waals surface area contributed by atoms with Gasteiger partial charge < -0.3 is 14.8 Å². The number of anilines is 1. The molecule has 1 heterocycles. The Kier molecular flexibility index (Phi) is 11.2. The van der Waals surface area contributed by atoms with Crippen LogP contribution in [0.5, 0.6) is 5.75 Å². The highest BCUT2D eigenvalue weighted by atomic mass is 16.5. The van der Waals surface area contributed by atoms with Crippen molar-refractivity contribution in [2.24, 2.45) is 23.7 Å². The van der Waals surface area contributed by atoms with Crippen LogP contribution in [0.4, 0.5) is 5.69 Å². The average Bonchev–Trinajstić information content (AvgIpc) is 2.71. The molecule has 1 N–H and O–H groups in total. The lowest BCUT2D eigenvalue weighted by atomic mass is 9.83. The first-order valence-electron chi connectivity index (χ1n) is 13.0. The van der Waals surface area contributed by atoms with E-state index in [0.29, 0.717) is 37.9 Å². The summed E-state index contributed by atoms with van der Waals surface area (Å²) in [5, 5.41) is 3.12. The Morgan fingerprint density at radius 2 is 1.61 bits per heavy atom. The van der Waals surface area contributed by atoms with Crippen molar-refractivity contribution >= 4 is 11.6 Å². The van der Waals surface area contributed by atoms with Gasteiger partial charge in [-0.15, -0.1) is 0 Å². The number of carbonyl (C=O) groups excluding carboxylic acids is 1. The molecule has 2 rings (SSSR count). The van der Waals surface area contributed by atoms with Crippen LogP contribution in [0.15, 0.2) is 24.3 Å². The van der Waals surface area contributed by atoms with Crippen molar-refractivity contribution in [2.75, 3.05) is 38.2 Å². The molecule has 0 unspecified atom stereocenters. The van der Waals surface area contributed by atoms with Crippen molar-refractivity contribution in [3.8, 4) is 5.75 Å². The van der Waals surface area contributed by atoms with E-state index in [1.807, 2.05) is 24.3 Å². The molecule has 0 saturated carbocycles. The number of benzene rings is 1. The Balaban J connectivity index is 1.95. The van der Waals surface area contributed by atoms with Crippen molar-refractivity contribution in [3.63, 3.8) is 0 Å². The van der Waals surface area contributed by atoms with E-state index in [0.717, 1.165) is 49.3 Å². The predicted octanol–water partition coefficient (Wildman–Crippen LogP) is 6.24. The average molecular weight is 461 g/mol. The highest BCUT2D eigenvalue weighted by Gasteiger charge is 2.40. The minimum absolute atomic E-state index is 0.0413. The summed E-state index contributed by atoms with van der Waals surface area (Å²) >= 11 is 0. The van der Waals surface area contributed by atoms with Crippen LogP contribution in [-0.4, -0.2) is 49.3 Å². The standard InChI is InChI=1S/C28H48N2O3/c1-8-14-33-28(17-21(2)3,18-22(4)5)27(31)29-25-9-11-26(12-10-25)32-15-13-30-19-23(6)16-24(7)20-30/h9-12,21-24H,8,13-20H2,1-7H3,(H,29,31)/t23-,24+. The number of ether oxygens (including phenoxy) is 2. The van der Waals surface area contributed by atoms with Gasteiger partial charge in [0.2, 0.25) is 0 Å². The molecule has 188 valence electrons. The summed E-state index contributed by atoms with van der Waals surface area (Å²) in [7, 11) is 0. The maximum absolute atomic E-state index is 13.4. The number of carbonyl (C=O) groups is 1. The fourth-order valence-electron chi connectivity index (χ4n) is 5.22. The normalized spacial score (nSPS) is 19.8. The molecule has 1 aliphatic rings. The number of piperidine rings is 1. The molecule has 0 aliphatic carbocycles. The summed E-state index contributed by atoms with van der Waals surface area (Å²) < 4.78 is 12.2. The van der Waals surface area contributed by atoms with Crippen molar-refractivity contribution < 1.29 is 14.3 Å². The molecule has 1 amide bonds. The molecule has 2 atom stereocenters. The largest absolute Gasteiger partial charge is 0.492 e. The molecule has 33 heavy (non-hydrogen) atoms. The summed E-state index contributed by atoms with van der Waals surface area (Å²) in [6.45, 7) is 19.9. The fraction of sp³-hybridized carbons (Fsp3) is 0.750. The Bertz CT molecular complexity index is 682. The minimum Gasteiger partial charge on any atom is -0.492 e. The number of hydrogen-bond donors (Lipinski definition) is 1. The molecule has 1 aliphatic heterocycles. The Morgan fingerprint density at radius 3 is 2.12 bits per heavy atom. The smallest absolute Gasteiger partial charge is 0.256 e. The van der Waals surface area contributed by atoms with Gasteiger partial charge in [0.25, 0.3) is 5.91 Å². The zero-order valence-electron chi connectivity index (χ0n) is 22.2. The van der Waals surface area contributed by atoms with Gasteiger partial charge >= 0.3 is 0 Å². The summed E-state index contributed by atoms with van der Waals surface area (Å²) in [5.74, 6) is 3.05. The van der Waals surface area contributed by atoms with E-state index in [-0.39, 0.29) is 5.91 Å². The number of rotatable bonds is 13. The van der Waals surface area contributed by atoms with Crippen LogP contribution in [0.25, 0.3) is 0 Å². The number of amides is 1. The molecule has 5 heteroatoms. The monoisotopic (exact) mass is 460 g/mol. The third kappa shape index (κ3) is 9.29. The van der Waals surface area contributed by atoms with E-state index >= 15 is 0 Å². The summed E-state index contributed by atoms with van der Waals surface area (Å²) in [5.41, 5.74) is -0.0148. The van der Waals surface area contributed by atoms with Crippen molar-refractivity contribution in [1.82, 2.24) is 4.90 Å². The number of nitrogens with one attached hydrogen (secondary N) is 1. The van der Waals surface area contributed by atoms with Crippen LogP contribution < -0.4 is 10.1 Å². The second-order valence-corrected chi connectivity index (χ2v) is 11.1. The molecular weight excluding hydrogens is 412 g/mol. The predicted molar refractivity (Wildman–Crippen MR) is 138 cm³/mol. The maximum atomic E-state index is 13.4.